The van der Waals surface area contributed by atoms with Crippen LogP contribution in [0.4, 0.5) is 14.5 Å². The lowest BCUT2D eigenvalue weighted by Gasteiger charge is -2.20. The van der Waals surface area contributed by atoms with E-state index >= 15 is 0 Å². The molecule has 1 aliphatic carbocycles. The minimum atomic E-state index is -1.56. The maximum absolute atomic E-state index is 14.2. The Morgan fingerprint density at radius 3 is 2.61 bits per heavy atom. The van der Waals surface area contributed by atoms with Gasteiger partial charge in [0.2, 0.25) is 0 Å². The first kappa shape index (κ1) is 22.6. The van der Waals surface area contributed by atoms with E-state index < -0.39 is 18.5 Å². The molecule has 2 aromatic carbocycles. The number of likely N-dealkylation sites (N-methyl/N-ethyl adjacent to an activating group) is 1. The zero-order valence-corrected chi connectivity index (χ0v) is 18.6. The number of hydrogen-bond donors (Lipinski definition) is 0. The van der Waals surface area contributed by atoms with Gasteiger partial charge in [0.1, 0.15) is 18.2 Å². The van der Waals surface area contributed by atoms with Gasteiger partial charge in [0, 0.05) is 47.6 Å². The van der Waals surface area contributed by atoms with Crippen LogP contribution in [-0.2, 0) is 10.2 Å². The Hall–Kier alpha value is -3.61. The smallest absolute Gasteiger partial charge is 0.320 e. The topological polar surface area (TPSA) is 53.0 Å². The standard InChI is InChI=1S/C26H25F2N3O2/c1-4-18(20-7-5-6-8-22(20)27)14-29-17(2)31-16-26(11-12-26)21-10-9-19(13-23(21)31)25(33)30(3)15-24(28)32/h4-10,13-14H,1,11-12,15-16H2,2-3H3/b18-14+,29-17+. The Labute approximate surface area is 191 Å². The molecule has 1 aliphatic heterocycles. The van der Waals surface area contributed by atoms with Crippen molar-refractivity contribution >= 4 is 29.0 Å². The number of hydrogen-bond acceptors (Lipinski definition) is 3. The highest BCUT2D eigenvalue weighted by Gasteiger charge is 2.52. The van der Waals surface area contributed by atoms with Gasteiger partial charge in [-0.3, -0.25) is 9.59 Å². The van der Waals surface area contributed by atoms with Gasteiger partial charge in [-0.1, -0.05) is 36.9 Å². The van der Waals surface area contributed by atoms with E-state index in [0.717, 1.165) is 35.5 Å². The molecular formula is C26H25F2N3O2. The number of anilines is 1. The highest BCUT2D eigenvalue weighted by Crippen LogP contribution is 2.56. The summed E-state index contributed by atoms with van der Waals surface area (Å²) in [6, 6.07) is 10.3. The fourth-order valence-electron chi connectivity index (χ4n) is 4.32. The first-order valence-electron chi connectivity index (χ1n) is 10.7. The molecule has 1 heterocycles. The zero-order chi connectivity index (χ0) is 23.8. The summed E-state index contributed by atoms with van der Waals surface area (Å²) in [5.41, 5.74) is 3.43. The second-order valence-corrected chi connectivity index (χ2v) is 8.56. The fraction of sp³-hybridized carbons (Fsp3) is 0.269. The van der Waals surface area contributed by atoms with E-state index in [9.17, 15) is 18.4 Å². The van der Waals surface area contributed by atoms with E-state index in [2.05, 4.69) is 16.5 Å². The summed E-state index contributed by atoms with van der Waals surface area (Å²) >= 11 is 0. The molecule has 7 heteroatoms. The van der Waals surface area contributed by atoms with Crippen LogP contribution < -0.4 is 4.90 Å². The molecule has 33 heavy (non-hydrogen) atoms. The van der Waals surface area contributed by atoms with Crippen LogP contribution in [0.5, 0.6) is 0 Å². The Morgan fingerprint density at radius 2 is 1.97 bits per heavy atom. The molecule has 0 saturated heterocycles. The summed E-state index contributed by atoms with van der Waals surface area (Å²) in [6.45, 7) is 5.80. The molecule has 1 fully saturated rings. The number of amides is 1. The molecule has 1 amide bonds. The minimum Gasteiger partial charge on any atom is -0.331 e. The Bertz CT molecular complexity index is 1200. The van der Waals surface area contributed by atoms with Crippen molar-refractivity contribution in [3.63, 3.8) is 0 Å². The van der Waals surface area contributed by atoms with Gasteiger partial charge in [-0.25, -0.2) is 9.38 Å². The number of amidine groups is 1. The summed E-state index contributed by atoms with van der Waals surface area (Å²) in [5.74, 6) is -0.0740. The lowest BCUT2D eigenvalue weighted by atomic mass is 9.97. The Balaban J connectivity index is 1.66. The monoisotopic (exact) mass is 449 g/mol. The van der Waals surface area contributed by atoms with Gasteiger partial charge in [-0.2, -0.15) is 4.39 Å². The molecule has 1 saturated carbocycles. The molecule has 0 N–H and O–H groups in total. The number of benzene rings is 2. The number of nitrogens with zero attached hydrogens (tertiary/aromatic N) is 3. The van der Waals surface area contributed by atoms with Crippen molar-refractivity contribution in [2.75, 3.05) is 25.0 Å². The van der Waals surface area contributed by atoms with Crippen LogP contribution in [0.3, 0.4) is 0 Å². The van der Waals surface area contributed by atoms with Gasteiger partial charge in [-0.05, 0) is 43.5 Å². The molecule has 0 bridgehead atoms. The molecule has 0 unspecified atom stereocenters. The first-order chi connectivity index (χ1) is 15.8. The predicted octanol–water partition coefficient (Wildman–Crippen LogP) is 4.89. The van der Waals surface area contributed by atoms with Crippen molar-refractivity contribution in [2.45, 2.75) is 25.2 Å². The molecule has 4 rings (SSSR count). The minimum absolute atomic E-state index is 0.0466. The largest absolute Gasteiger partial charge is 0.331 e. The lowest BCUT2D eigenvalue weighted by Crippen LogP contribution is -2.31. The molecule has 2 aromatic rings. The van der Waals surface area contributed by atoms with Crippen molar-refractivity contribution in [3.05, 3.63) is 83.8 Å². The summed E-state index contributed by atoms with van der Waals surface area (Å²) in [5, 5.41) is 0. The van der Waals surface area contributed by atoms with Crippen LogP contribution in [0.2, 0.25) is 0 Å². The second kappa shape index (κ2) is 8.73. The maximum Gasteiger partial charge on any atom is 0.320 e. The van der Waals surface area contributed by atoms with E-state index in [1.807, 2.05) is 13.0 Å². The molecule has 1 spiro atoms. The summed E-state index contributed by atoms with van der Waals surface area (Å²) in [6.07, 6.45) is 5.26. The van der Waals surface area contributed by atoms with E-state index in [1.165, 1.54) is 13.1 Å². The second-order valence-electron chi connectivity index (χ2n) is 8.56. The fourth-order valence-corrected chi connectivity index (χ4v) is 4.32. The first-order valence-corrected chi connectivity index (χ1v) is 10.7. The highest BCUT2D eigenvalue weighted by atomic mass is 19.1. The number of carbonyl (C=O) groups is 2. The molecule has 0 radical (unpaired) electrons. The number of aliphatic imine (C=N–C) groups is 1. The maximum atomic E-state index is 14.2. The van der Waals surface area contributed by atoms with Crippen LogP contribution in [0.25, 0.3) is 5.57 Å². The van der Waals surface area contributed by atoms with Crippen LogP contribution in [0.1, 0.15) is 41.3 Å². The predicted molar refractivity (Wildman–Crippen MR) is 125 cm³/mol. The van der Waals surface area contributed by atoms with Gasteiger partial charge in [0.25, 0.3) is 5.91 Å². The van der Waals surface area contributed by atoms with Gasteiger partial charge < -0.3 is 9.80 Å². The quantitative estimate of drug-likeness (QED) is 0.273. The van der Waals surface area contributed by atoms with Gasteiger partial charge in [0.15, 0.2) is 0 Å². The van der Waals surface area contributed by atoms with Gasteiger partial charge >= 0.3 is 6.04 Å². The van der Waals surface area contributed by atoms with Gasteiger partial charge in [0.05, 0.1) is 0 Å². The van der Waals surface area contributed by atoms with E-state index in [1.54, 1.807) is 42.6 Å². The molecule has 2 aliphatic rings. The molecular weight excluding hydrogens is 424 g/mol. The van der Waals surface area contributed by atoms with Crippen LogP contribution >= 0.6 is 0 Å². The van der Waals surface area contributed by atoms with Crippen LogP contribution in [-0.4, -0.2) is 42.8 Å². The van der Waals surface area contributed by atoms with E-state index in [-0.39, 0.29) is 11.2 Å². The average Bonchev–Trinajstić information content (AvgIpc) is 3.50. The van der Waals surface area contributed by atoms with Crippen LogP contribution in [0.15, 0.2) is 66.3 Å². The van der Waals surface area contributed by atoms with Gasteiger partial charge in [-0.15, -0.1) is 0 Å². The summed E-state index contributed by atoms with van der Waals surface area (Å²) < 4.78 is 27.0. The molecule has 0 atom stereocenters. The number of rotatable bonds is 6. The third-order valence-corrected chi connectivity index (χ3v) is 6.32. The number of carbonyl (C=O) groups excluding carboxylic acids is 2. The highest BCUT2D eigenvalue weighted by molar-refractivity contribution is 6.02. The van der Waals surface area contributed by atoms with Crippen molar-refractivity contribution in [2.24, 2.45) is 4.99 Å². The molecule has 170 valence electrons. The van der Waals surface area contributed by atoms with Crippen molar-refractivity contribution in [3.8, 4) is 0 Å². The van der Waals surface area contributed by atoms with Crippen molar-refractivity contribution in [1.82, 2.24) is 4.90 Å². The summed E-state index contributed by atoms with van der Waals surface area (Å²) in [7, 11) is 1.39. The lowest BCUT2D eigenvalue weighted by molar-refractivity contribution is -0.129. The summed E-state index contributed by atoms with van der Waals surface area (Å²) in [4.78, 5) is 31.1. The molecule has 0 aromatic heterocycles. The average molecular weight is 450 g/mol. The zero-order valence-electron chi connectivity index (χ0n) is 18.6. The normalized spacial score (nSPS) is 16.5. The Kier molecular flexibility index (Phi) is 5.97. The van der Waals surface area contributed by atoms with Crippen molar-refractivity contribution in [1.29, 1.82) is 0 Å². The Morgan fingerprint density at radius 1 is 1.24 bits per heavy atom. The SMILES string of the molecule is C=C/C(=C\N=C(/C)N1CC2(CC2)c2ccc(C(=O)N(C)CC(=O)F)cc21)c1ccccc1F. The van der Waals surface area contributed by atoms with Crippen LogP contribution in [0, 0.1) is 5.82 Å². The van der Waals surface area contributed by atoms with E-state index in [0.29, 0.717) is 22.5 Å². The van der Waals surface area contributed by atoms with Crippen molar-refractivity contribution < 1.29 is 18.4 Å². The number of allylic oxidation sites excluding steroid dienone is 2. The molecule has 5 nitrogen and oxygen atoms in total. The number of halogens is 2. The third kappa shape index (κ3) is 4.35. The van der Waals surface area contributed by atoms with E-state index in [4.69, 9.17) is 0 Å². The number of fused-ring (bicyclic) bond motifs is 2. The third-order valence-electron chi connectivity index (χ3n) is 6.32.